The number of oxazole rings is 1. The van der Waals surface area contributed by atoms with Gasteiger partial charge in [0.25, 0.3) is 12.3 Å². The third-order valence-corrected chi connectivity index (χ3v) is 6.59. The quantitative estimate of drug-likeness (QED) is 0.439. The van der Waals surface area contributed by atoms with E-state index in [0.717, 1.165) is 32.2 Å². The first kappa shape index (κ1) is 22.5. The number of nitrogens with one attached hydrogen (secondary N) is 2. The summed E-state index contributed by atoms with van der Waals surface area (Å²) in [6.07, 6.45) is 7.86. The van der Waals surface area contributed by atoms with Gasteiger partial charge in [0.05, 0.1) is 11.7 Å². The van der Waals surface area contributed by atoms with Crippen LogP contribution in [0.1, 0.15) is 74.1 Å². The SMILES string of the molecule is CC1CCC(n2cc(NC(=O)c3coc(-c4ccnc(NCC5CC5)c4)n3)c(C(F)F)n2)CC1. The Hall–Kier alpha value is -3.30. The summed E-state index contributed by atoms with van der Waals surface area (Å²) in [5.74, 6) is 1.66. The van der Waals surface area contributed by atoms with Gasteiger partial charge in [-0.3, -0.25) is 9.48 Å². The monoisotopic (exact) mass is 470 g/mol. The molecule has 1 amide bonds. The van der Waals surface area contributed by atoms with Crippen molar-refractivity contribution in [2.45, 2.75) is 57.9 Å². The van der Waals surface area contributed by atoms with Crippen molar-refractivity contribution < 1.29 is 18.0 Å². The number of nitrogens with zero attached hydrogens (tertiary/aromatic N) is 4. The Morgan fingerprint density at radius 3 is 2.76 bits per heavy atom. The van der Waals surface area contributed by atoms with Crippen LogP contribution in [0.5, 0.6) is 0 Å². The molecule has 3 heterocycles. The molecule has 2 fully saturated rings. The second-order valence-electron chi connectivity index (χ2n) is 9.37. The highest BCUT2D eigenvalue weighted by molar-refractivity contribution is 6.03. The highest BCUT2D eigenvalue weighted by atomic mass is 19.3. The number of carbonyl (C=O) groups excluding carboxylic acids is 1. The van der Waals surface area contributed by atoms with E-state index in [1.807, 2.05) is 0 Å². The van der Waals surface area contributed by atoms with E-state index in [-0.39, 0.29) is 23.3 Å². The smallest absolute Gasteiger partial charge is 0.284 e. The van der Waals surface area contributed by atoms with Crippen LogP contribution in [0.25, 0.3) is 11.5 Å². The fourth-order valence-electron chi connectivity index (χ4n) is 4.29. The summed E-state index contributed by atoms with van der Waals surface area (Å²) in [5, 5.41) is 9.93. The van der Waals surface area contributed by atoms with Gasteiger partial charge in [-0.2, -0.15) is 5.10 Å². The summed E-state index contributed by atoms with van der Waals surface area (Å²) in [6.45, 7) is 3.06. The average Bonchev–Trinajstić information content (AvgIpc) is 3.35. The lowest BCUT2D eigenvalue weighted by Gasteiger charge is -2.26. The molecule has 0 aromatic carbocycles. The molecule has 0 bridgehead atoms. The van der Waals surface area contributed by atoms with Gasteiger partial charge in [-0.1, -0.05) is 6.92 Å². The van der Waals surface area contributed by atoms with Crippen LogP contribution in [0.4, 0.5) is 20.3 Å². The molecule has 5 rings (SSSR count). The molecule has 3 aromatic rings. The Morgan fingerprint density at radius 1 is 1.24 bits per heavy atom. The number of hydrogen-bond acceptors (Lipinski definition) is 6. The van der Waals surface area contributed by atoms with E-state index in [2.05, 4.69) is 32.6 Å². The van der Waals surface area contributed by atoms with Gasteiger partial charge in [0.2, 0.25) is 5.89 Å². The first-order chi connectivity index (χ1) is 16.5. The summed E-state index contributed by atoms with van der Waals surface area (Å²) >= 11 is 0. The first-order valence-electron chi connectivity index (χ1n) is 11.8. The Labute approximate surface area is 196 Å². The standard InChI is InChI=1S/C24H28F2N6O2/c1-14-2-6-17(7-3-14)32-12-18(21(31-32)22(25)26)29-23(33)19-13-34-24(30-19)16-8-9-27-20(10-16)28-11-15-4-5-15/h8-10,12-15,17,22H,2-7,11H2,1H3,(H,27,28)(H,29,33). The minimum absolute atomic E-state index is 0.00115. The lowest BCUT2D eigenvalue weighted by molar-refractivity contribution is 0.102. The van der Waals surface area contributed by atoms with Gasteiger partial charge in [0, 0.05) is 24.5 Å². The zero-order valence-corrected chi connectivity index (χ0v) is 19.0. The molecule has 2 N–H and O–H groups in total. The largest absolute Gasteiger partial charge is 0.444 e. The summed E-state index contributed by atoms with van der Waals surface area (Å²) in [7, 11) is 0. The molecule has 10 heteroatoms. The van der Waals surface area contributed by atoms with E-state index in [4.69, 9.17) is 4.42 Å². The van der Waals surface area contributed by atoms with Crippen molar-refractivity contribution in [3.05, 3.63) is 42.2 Å². The fourth-order valence-corrected chi connectivity index (χ4v) is 4.29. The van der Waals surface area contributed by atoms with Crippen molar-refractivity contribution in [3.8, 4) is 11.5 Å². The molecule has 0 unspecified atom stereocenters. The third-order valence-electron chi connectivity index (χ3n) is 6.59. The van der Waals surface area contributed by atoms with Gasteiger partial charge in [0.15, 0.2) is 11.4 Å². The number of pyridine rings is 1. The van der Waals surface area contributed by atoms with E-state index >= 15 is 0 Å². The third kappa shape index (κ3) is 5.10. The van der Waals surface area contributed by atoms with Crippen LogP contribution in [0, 0.1) is 11.8 Å². The van der Waals surface area contributed by atoms with Crippen molar-refractivity contribution in [2.24, 2.45) is 11.8 Å². The topological polar surface area (TPSA) is 97.9 Å². The van der Waals surface area contributed by atoms with Crippen LogP contribution >= 0.6 is 0 Å². The predicted molar refractivity (Wildman–Crippen MR) is 123 cm³/mol. The first-order valence-corrected chi connectivity index (χ1v) is 11.8. The summed E-state index contributed by atoms with van der Waals surface area (Å²) in [5.41, 5.74) is 0.230. The second-order valence-corrected chi connectivity index (χ2v) is 9.37. The van der Waals surface area contributed by atoms with Crippen molar-refractivity contribution >= 4 is 17.4 Å². The molecule has 0 atom stereocenters. The maximum Gasteiger partial charge on any atom is 0.284 e. The lowest BCUT2D eigenvalue weighted by Crippen LogP contribution is -2.17. The zero-order valence-electron chi connectivity index (χ0n) is 19.0. The normalized spacial score (nSPS) is 20.5. The molecule has 2 aliphatic rings. The zero-order chi connectivity index (χ0) is 23.7. The molecule has 3 aromatic heterocycles. The number of rotatable bonds is 8. The number of halogens is 2. The van der Waals surface area contributed by atoms with Crippen LogP contribution < -0.4 is 10.6 Å². The summed E-state index contributed by atoms with van der Waals surface area (Å²) in [4.78, 5) is 21.3. The van der Waals surface area contributed by atoms with Gasteiger partial charge < -0.3 is 15.1 Å². The average molecular weight is 471 g/mol. The van der Waals surface area contributed by atoms with E-state index in [0.29, 0.717) is 23.2 Å². The van der Waals surface area contributed by atoms with Crippen molar-refractivity contribution in [2.75, 3.05) is 17.2 Å². The number of amides is 1. The summed E-state index contributed by atoms with van der Waals surface area (Å²) in [6, 6.07) is 3.60. The van der Waals surface area contributed by atoms with Crippen LogP contribution in [-0.2, 0) is 0 Å². The lowest BCUT2D eigenvalue weighted by atomic mass is 9.87. The minimum atomic E-state index is -2.80. The molecule has 0 radical (unpaired) electrons. The molecule has 0 aliphatic heterocycles. The molecule has 2 aliphatic carbocycles. The van der Waals surface area contributed by atoms with E-state index in [9.17, 15) is 13.6 Å². The van der Waals surface area contributed by atoms with Crippen molar-refractivity contribution in [1.29, 1.82) is 0 Å². The predicted octanol–water partition coefficient (Wildman–Crippen LogP) is 5.70. The minimum Gasteiger partial charge on any atom is -0.444 e. The molecule has 34 heavy (non-hydrogen) atoms. The highest BCUT2D eigenvalue weighted by Crippen LogP contribution is 2.34. The Bertz CT molecular complexity index is 1150. The maximum absolute atomic E-state index is 13.6. The van der Waals surface area contributed by atoms with E-state index < -0.39 is 18.0 Å². The number of anilines is 2. The molecule has 8 nitrogen and oxygen atoms in total. The number of alkyl halides is 2. The van der Waals surface area contributed by atoms with Crippen LogP contribution in [0.3, 0.4) is 0 Å². The number of aromatic nitrogens is 4. The molecule has 180 valence electrons. The maximum atomic E-state index is 13.6. The van der Waals surface area contributed by atoms with Crippen LogP contribution in [0.15, 0.2) is 35.2 Å². The van der Waals surface area contributed by atoms with Crippen molar-refractivity contribution in [1.82, 2.24) is 19.7 Å². The van der Waals surface area contributed by atoms with Crippen molar-refractivity contribution in [3.63, 3.8) is 0 Å². The van der Waals surface area contributed by atoms with Gasteiger partial charge >= 0.3 is 0 Å². The number of hydrogen-bond donors (Lipinski definition) is 2. The van der Waals surface area contributed by atoms with E-state index in [1.165, 1.54) is 25.3 Å². The van der Waals surface area contributed by atoms with Crippen LogP contribution in [0.2, 0.25) is 0 Å². The molecular weight excluding hydrogens is 442 g/mol. The highest BCUT2D eigenvalue weighted by Gasteiger charge is 2.26. The Balaban J connectivity index is 1.29. The molecule has 2 saturated carbocycles. The van der Waals surface area contributed by atoms with Gasteiger partial charge in [-0.05, 0) is 62.5 Å². The molecule has 0 spiro atoms. The molecular formula is C24H28F2N6O2. The van der Waals surface area contributed by atoms with Gasteiger partial charge in [0.1, 0.15) is 12.1 Å². The second kappa shape index (κ2) is 9.52. The number of carbonyl (C=O) groups is 1. The van der Waals surface area contributed by atoms with Gasteiger partial charge in [-0.15, -0.1) is 0 Å². The van der Waals surface area contributed by atoms with Crippen LogP contribution in [-0.4, -0.2) is 32.2 Å². The van der Waals surface area contributed by atoms with Gasteiger partial charge in [-0.25, -0.2) is 18.7 Å². The molecule has 0 saturated heterocycles. The Morgan fingerprint density at radius 2 is 2.03 bits per heavy atom. The summed E-state index contributed by atoms with van der Waals surface area (Å²) < 4.78 is 34.3. The Kier molecular flexibility index (Phi) is 6.30. The fraction of sp³-hybridized carbons (Fsp3) is 0.500. The van der Waals surface area contributed by atoms with E-state index in [1.54, 1.807) is 23.0 Å².